The fourth-order valence-electron chi connectivity index (χ4n) is 2.86. The van der Waals surface area contributed by atoms with Gasteiger partial charge in [-0.3, -0.25) is 0 Å². The summed E-state index contributed by atoms with van der Waals surface area (Å²) in [5.41, 5.74) is 0.282. The maximum atomic E-state index is 9.65. The lowest BCUT2D eigenvalue weighted by Gasteiger charge is -2.29. The normalized spacial score (nSPS) is 59.7. The molecular weight excluding hydrogens is 124 g/mol. The van der Waals surface area contributed by atoms with Gasteiger partial charge in [0, 0.05) is 0 Å². The highest BCUT2D eigenvalue weighted by Gasteiger charge is 2.53. The van der Waals surface area contributed by atoms with Gasteiger partial charge >= 0.3 is 0 Å². The molecule has 0 aromatic carbocycles. The minimum Gasteiger partial charge on any atom is -0.393 e. The smallest absolute Gasteiger partial charge is 0.0599 e. The molecule has 1 heteroatoms. The third-order valence-electron chi connectivity index (χ3n) is 4.09. The Balaban J connectivity index is 2.29. The van der Waals surface area contributed by atoms with E-state index in [2.05, 4.69) is 13.8 Å². The van der Waals surface area contributed by atoms with E-state index >= 15 is 0 Å². The van der Waals surface area contributed by atoms with E-state index in [1.807, 2.05) is 0 Å². The third kappa shape index (κ3) is 0.572. The Morgan fingerprint density at radius 2 is 2.20 bits per heavy atom. The van der Waals surface area contributed by atoms with Gasteiger partial charge in [0.05, 0.1) is 6.10 Å². The van der Waals surface area contributed by atoms with E-state index in [-0.39, 0.29) is 11.5 Å². The summed E-state index contributed by atoms with van der Waals surface area (Å²) in [5.74, 6) is 1.60. The molecule has 0 amide bonds. The summed E-state index contributed by atoms with van der Waals surface area (Å²) in [6.45, 7) is 4.54. The summed E-state index contributed by atoms with van der Waals surface area (Å²) in [6.07, 6.45) is 3.67. The monoisotopic (exact) mass is 140 g/mol. The number of rotatable bonds is 0. The van der Waals surface area contributed by atoms with Crippen LogP contribution < -0.4 is 0 Å². The standard InChI is InChI=1S/C9H16O/c1-6-7-3-4-9(6,2)8(10)5-7/h6-8,10H,3-5H2,1-2H3/t6-,7-,8+,9-/m0/s1. The highest BCUT2D eigenvalue weighted by Crippen LogP contribution is 2.57. The van der Waals surface area contributed by atoms with Gasteiger partial charge in [-0.25, -0.2) is 0 Å². The van der Waals surface area contributed by atoms with Gasteiger partial charge in [0.25, 0.3) is 0 Å². The van der Waals surface area contributed by atoms with Gasteiger partial charge in [-0.2, -0.15) is 0 Å². The Morgan fingerprint density at radius 1 is 1.50 bits per heavy atom. The molecule has 2 aliphatic rings. The topological polar surface area (TPSA) is 20.2 Å². The summed E-state index contributed by atoms with van der Waals surface area (Å²) >= 11 is 0. The second-order valence-electron chi connectivity index (χ2n) is 4.34. The average Bonchev–Trinajstić information content (AvgIpc) is 2.25. The van der Waals surface area contributed by atoms with Crippen LogP contribution in [0.4, 0.5) is 0 Å². The van der Waals surface area contributed by atoms with Crippen LogP contribution in [0.1, 0.15) is 33.1 Å². The van der Waals surface area contributed by atoms with Crippen molar-refractivity contribution >= 4 is 0 Å². The molecule has 2 bridgehead atoms. The molecule has 0 heterocycles. The first-order chi connectivity index (χ1) is 4.64. The van der Waals surface area contributed by atoms with E-state index in [4.69, 9.17) is 0 Å². The van der Waals surface area contributed by atoms with Crippen molar-refractivity contribution in [3.05, 3.63) is 0 Å². The van der Waals surface area contributed by atoms with Gasteiger partial charge in [0.1, 0.15) is 0 Å². The van der Waals surface area contributed by atoms with Crippen molar-refractivity contribution in [2.45, 2.75) is 39.2 Å². The maximum Gasteiger partial charge on any atom is 0.0599 e. The van der Waals surface area contributed by atoms with E-state index in [0.29, 0.717) is 0 Å². The van der Waals surface area contributed by atoms with E-state index in [9.17, 15) is 5.11 Å². The Labute approximate surface area is 62.4 Å². The predicted molar refractivity (Wildman–Crippen MR) is 40.6 cm³/mol. The second kappa shape index (κ2) is 1.76. The molecule has 0 unspecified atom stereocenters. The Hall–Kier alpha value is -0.0400. The van der Waals surface area contributed by atoms with Crippen LogP contribution in [0.2, 0.25) is 0 Å². The number of hydrogen-bond donors (Lipinski definition) is 1. The summed E-state index contributed by atoms with van der Waals surface area (Å²) in [4.78, 5) is 0. The van der Waals surface area contributed by atoms with Crippen LogP contribution in [0.25, 0.3) is 0 Å². The molecule has 2 aliphatic carbocycles. The van der Waals surface area contributed by atoms with Crippen LogP contribution in [0.3, 0.4) is 0 Å². The maximum absolute atomic E-state index is 9.65. The molecule has 0 aliphatic heterocycles. The molecular formula is C9H16O. The number of hydrogen-bond acceptors (Lipinski definition) is 1. The summed E-state index contributed by atoms with van der Waals surface area (Å²) in [7, 11) is 0. The molecule has 0 spiro atoms. The van der Waals surface area contributed by atoms with Crippen LogP contribution in [-0.2, 0) is 0 Å². The molecule has 4 atom stereocenters. The Bertz CT molecular complexity index is 155. The summed E-state index contributed by atoms with van der Waals surface area (Å²) < 4.78 is 0. The van der Waals surface area contributed by atoms with Crippen molar-refractivity contribution in [1.29, 1.82) is 0 Å². The molecule has 2 saturated carbocycles. The fraction of sp³-hybridized carbons (Fsp3) is 1.00. The van der Waals surface area contributed by atoms with E-state index in [1.165, 1.54) is 12.8 Å². The minimum atomic E-state index is 0.00116. The van der Waals surface area contributed by atoms with Crippen molar-refractivity contribution < 1.29 is 5.11 Å². The van der Waals surface area contributed by atoms with Crippen molar-refractivity contribution in [3.63, 3.8) is 0 Å². The largest absolute Gasteiger partial charge is 0.393 e. The van der Waals surface area contributed by atoms with Gasteiger partial charge in [0.15, 0.2) is 0 Å². The van der Waals surface area contributed by atoms with E-state index < -0.39 is 0 Å². The highest BCUT2D eigenvalue weighted by molar-refractivity contribution is 5.03. The molecule has 1 N–H and O–H groups in total. The summed E-state index contributed by atoms with van der Waals surface area (Å²) in [6, 6.07) is 0. The van der Waals surface area contributed by atoms with Gasteiger partial charge in [-0.1, -0.05) is 13.8 Å². The number of fused-ring (bicyclic) bond motifs is 2. The highest BCUT2D eigenvalue weighted by atomic mass is 16.3. The van der Waals surface area contributed by atoms with Crippen LogP contribution in [0.15, 0.2) is 0 Å². The number of aliphatic hydroxyl groups is 1. The fourth-order valence-corrected chi connectivity index (χ4v) is 2.86. The third-order valence-corrected chi connectivity index (χ3v) is 4.09. The van der Waals surface area contributed by atoms with Gasteiger partial charge in [0.2, 0.25) is 0 Å². The zero-order chi connectivity index (χ0) is 7.35. The second-order valence-corrected chi connectivity index (χ2v) is 4.34. The van der Waals surface area contributed by atoms with Crippen LogP contribution in [0.5, 0.6) is 0 Å². The van der Waals surface area contributed by atoms with E-state index in [0.717, 1.165) is 18.3 Å². The first-order valence-electron chi connectivity index (χ1n) is 4.32. The van der Waals surface area contributed by atoms with E-state index in [1.54, 1.807) is 0 Å². The number of aliphatic hydroxyl groups excluding tert-OH is 1. The lowest BCUT2D eigenvalue weighted by atomic mass is 9.80. The zero-order valence-electron chi connectivity index (χ0n) is 6.80. The molecule has 0 aromatic heterocycles. The van der Waals surface area contributed by atoms with Gasteiger partial charge in [-0.15, -0.1) is 0 Å². The van der Waals surface area contributed by atoms with Crippen molar-refractivity contribution in [2.75, 3.05) is 0 Å². The van der Waals surface area contributed by atoms with Crippen LogP contribution in [0, 0.1) is 17.3 Å². The van der Waals surface area contributed by atoms with Gasteiger partial charge in [-0.05, 0) is 36.5 Å². The van der Waals surface area contributed by atoms with Crippen LogP contribution in [-0.4, -0.2) is 11.2 Å². The predicted octanol–water partition coefficient (Wildman–Crippen LogP) is 1.80. The first kappa shape index (κ1) is 6.66. The zero-order valence-corrected chi connectivity index (χ0v) is 6.80. The molecule has 0 aromatic rings. The Morgan fingerprint density at radius 3 is 2.40 bits per heavy atom. The molecule has 10 heavy (non-hydrogen) atoms. The lowest BCUT2D eigenvalue weighted by molar-refractivity contribution is 0.0400. The molecule has 1 nitrogen and oxygen atoms in total. The SMILES string of the molecule is C[C@H]1[C@H]2CC[C@]1(C)[C@H](O)C2. The molecule has 2 rings (SSSR count). The van der Waals surface area contributed by atoms with Crippen molar-refractivity contribution in [1.82, 2.24) is 0 Å². The van der Waals surface area contributed by atoms with Crippen molar-refractivity contribution in [3.8, 4) is 0 Å². The quantitative estimate of drug-likeness (QED) is 0.544. The molecule has 0 radical (unpaired) electrons. The van der Waals surface area contributed by atoms with Crippen LogP contribution >= 0.6 is 0 Å². The summed E-state index contributed by atoms with van der Waals surface area (Å²) in [5, 5.41) is 9.65. The lowest BCUT2D eigenvalue weighted by Crippen LogP contribution is -2.29. The van der Waals surface area contributed by atoms with Gasteiger partial charge < -0.3 is 5.11 Å². The first-order valence-corrected chi connectivity index (χ1v) is 4.32. The molecule has 0 saturated heterocycles. The Kier molecular flexibility index (Phi) is 1.17. The molecule has 58 valence electrons. The average molecular weight is 140 g/mol. The molecule has 2 fully saturated rings. The van der Waals surface area contributed by atoms with Crippen molar-refractivity contribution in [2.24, 2.45) is 17.3 Å². The minimum absolute atomic E-state index is 0.00116.